The second-order valence-electron chi connectivity index (χ2n) is 2.90. The molecule has 0 aromatic carbocycles. The lowest BCUT2D eigenvalue weighted by molar-refractivity contribution is -0.121. The van der Waals surface area contributed by atoms with Gasteiger partial charge in [0.25, 0.3) is 0 Å². The summed E-state index contributed by atoms with van der Waals surface area (Å²) in [7, 11) is -3.26. The van der Waals surface area contributed by atoms with Crippen LogP contribution in [0, 0.1) is 0 Å². The van der Waals surface area contributed by atoms with Gasteiger partial charge in [0.05, 0.1) is 11.8 Å². The van der Waals surface area contributed by atoms with Gasteiger partial charge in [0.15, 0.2) is 0 Å². The SMILES string of the molecule is CCNS(=O)(=O)CCNC(=O)[C@H](C)N. The van der Waals surface area contributed by atoms with Gasteiger partial charge in [0.2, 0.25) is 15.9 Å². The van der Waals surface area contributed by atoms with Crippen molar-refractivity contribution in [3.63, 3.8) is 0 Å². The standard InChI is InChI=1S/C7H17N3O3S/c1-3-10-14(12,13)5-4-9-7(11)6(2)8/h6,10H,3-5,8H2,1-2H3,(H,9,11)/t6-/m0/s1. The van der Waals surface area contributed by atoms with Crippen molar-refractivity contribution in [2.75, 3.05) is 18.8 Å². The number of rotatable bonds is 6. The van der Waals surface area contributed by atoms with Crippen LogP contribution in [0.4, 0.5) is 0 Å². The van der Waals surface area contributed by atoms with Crippen LogP contribution in [0.5, 0.6) is 0 Å². The Morgan fingerprint density at radius 3 is 2.50 bits per heavy atom. The molecule has 0 bridgehead atoms. The number of carbonyl (C=O) groups excluding carboxylic acids is 1. The molecule has 1 amide bonds. The van der Waals surface area contributed by atoms with E-state index in [1.807, 2.05) is 0 Å². The second kappa shape index (κ2) is 5.94. The van der Waals surface area contributed by atoms with Gasteiger partial charge in [0, 0.05) is 13.1 Å². The maximum absolute atomic E-state index is 11.1. The molecule has 0 saturated carbocycles. The fourth-order valence-corrected chi connectivity index (χ4v) is 1.72. The highest BCUT2D eigenvalue weighted by Crippen LogP contribution is 1.82. The zero-order chi connectivity index (χ0) is 11.2. The lowest BCUT2D eigenvalue weighted by Crippen LogP contribution is -2.41. The molecule has 0 fully saturated rings. The third-order valence-corrected chi connectivity index (χ3v) is 2.92. The summed E-state index contributed by atoms with van der Waals surface area (Å²) in [5.41, 5.74) is 5.27. The summed E-state index contributed by atoms with van der Waals surface area (Å²) < 4.78 is 24.5. The van der Waals surface area contributed by atoms with Crippen LogP contribution in [0.15, 0.2) is 0 Å². The van der Waals surface area contributed by atoms with Gasteiger partial charge in [-0.2, -0.15) is 0 Å². The van der Waals surface area contributed by atoms with Crippen molar-refractivity contribution in [1.82, 2.24) is 10.0 Å². The Kier molecular flexibility index (Phi) is 5.66. The van der Waals surface area contributed by atoms with Gasteiger partial charge in [0.1, 0.15) is 0 Å². The van der Waals surface area contributed by atoms with Crippen molar-refractivity contribution in [3.8, 4) is 0 Å². The van der Waals surface area contributed by atoms with Crippen molar-refractivity contribution in [2.45, 2.75) is 19.9 Å². The predicted octanol–water partition coefficient (Wildman–Crippen LogP) is -1.61. The van der Waals surface area contributed by atoms with Gasteiger partial charge in [-0.05, 0) is 6.92 Å². The number of nitrogens with one attached hydrogen (secondary N) is 2. The molecule has 1 atom stereocenters. The van der Waals surface area contributed by atoms with Crippen molar-refractivity contribution in [2.24, 2.45) is 5.73 Å². The van der Waals surface area contributed by atoms with Crippen LogP contribution in [-0.4, -0.2) is 39.2 Å². The van der Waals surface area contributed by atoms with E-state index in [2.05, 4.69) is 10.0 Å². The van der Waals surface area contributed by atoms with E-state index in [0.29, 0.717) is 6.54 Å². The van der Waals surface area contributed by atoms with E-state index in [1.54, 1.807) is 6.92 Å². The lowest BCUT2D eigenvalue weighted by Gasteiger charge is -2.08. The molecule has 0 aliphatic rings. The Labute approximate surface area is 84.3 Å². The first-order valence-corrected chi connectivity index (χ1v) is 6.05. The molecule has 0 spiro atoms. The molecule has 0 aromatic rings. The van der Waals surface area contributed by atoms with E-state index < -0.39 is 16.1 Å². The van der Waals surface area contributed by atoms with Crippen LogP contribution < -0.4 is 15.8 Å². The van der Waals surface area contributed by atoms with Crippen LogP contribution in [0.25, 0.3) is 0 Å². The number of carbonyl (C=O) groups is 1. The van der Waals surface area contributed by atoms with Crippen LogP contribution in [0.1, 0.15) is 13.8 Å². The summed E-state index contributed by atoms with van der Waals surface area (Å²) in [6.45, 7) is 3.66. The largest absolute Gasteiger partial charge is 0.354 e. The quantitative estimate of drug-likeness (QED) is 0.504. The predicted molar refractivity (Wildman–Crippen MR) is 54.1 cm³/mol. The molecule has 6 nitrogen and oxygen atoms in total. The summed E-state index contributed by atoms with van der Waals surface area (Å²) in [4.78, 5) is 10.9. The van der Waals surface area contributed by atoms with Crippen LogP contribution in [0.3, 0.4) is 0 Å². The van der Waals surface area contributed by atoms with Crippen molar-refractivity contribution in [1.29, 1.82) is 0 Å². The normalized spacial score (nSPS) is 13.6. The summed E-state index contributed by atoms with van der Waals surface area (Å²) in [5.74, 6) is -0.476. The molecule has 0 heterocycles. The van der Waals surface area contributed by atoms with E-state index >= 15 is 0 Å². The molecular formula is C7H17N3O3S. The molecule has 7 heteroatoms. The highest BCUT2D eigenvalue weighted by atomic mass is 32.2. The highest BCUT2D eigenvalue weighted by molar-refractivity contribution is 7.89. The minimum atomic E-state index is -3.26. The molecule has 0 aliphatic carbocycles. The summed E-state index contributed by atoms with van der Waals surface area (Å²) in [6.07, 6.45) is 0. The Morgan fingerprint density at radius 2 is 2.07 bits per heavy atom. The third-order valence-electron chi connectivity index (χ3n) is 1.45. The molecule has 84 valence electrons. The van der Waals surface area contributed by atoms with Crippen LogP contribution in [0.2, 0.25) is 0 Å². The Balaban J connectivity index is 3.80. The summed E-state index contributed by atoms with van der Waals surface area (Å²) in [5, 5.41) is 2.41. The smallest absolute Gasteiger partial charge is 0.236 e. The molecule has 0 unspecified atom stereocenters. The fraction of sp³-hybridized carbons (Fsp3) is 0.857. The van der Waals surface area contributed by atoms with Gasteiger partial charge in [-0.25, -0.2) is 13.1 Å². The zero-order valence-electron chi connectivity index (χ0n) is 8.41. The summed E-state index contributed by atoms with van der Waals surface area (Å²) >= 11 is 0. The molecule has 0 radical (unpaired) electrons. The van der Waals surface area contributed by atoms with E-state index in [-0.39, 0.29) is 18.2 Å². The molecule has 14 heavy (non-hydrogen) atoms. The van der Waals surface area contributed by atoms with E-state index in [4.69, 9.17) is 5.73 Å². The fourth-order valence-electron chi connectivity index (χ4n) is 0.762. The molecule has 0 aliphatic heterocycles. The summed E-state index contributed by atoms with van der Waals surface area (Å²) in [6, 6.07) is -0.614. The second-order valence-corrected chi connectivity index (χ2v) is 4.82. The molecule has 0 rings (SSSR count). The molecular weight excluding hydrogens is 206 g/mol. The van der Waals surface area contributed by atoms with Crippen LogP contribution in [-0.2, 0) is 14.8 Å². The lowest BCUT2D eigenvalue weighted by atomic mass is 10.3. The monoisotopic (exact) mass is 223 g/mol. The van der Waals surface area contributed by atoms with Gasteiger partial charge < -0.3 is 11.1 Å². The first-order valence-electron chi connectivity index (χ1n) is 4.39. The number of amides is 1. The minimum absolute atomic E-state index is 0.0791. The van der Waals surface area contributed by atoms with Crippen LogP contribution >= 0.6 is 0 Å². The van der Waals surface area contributed by atoms with Crippen molar-refractivity contribution in [3.05, 3.63) is 0 Å². The topological polar surface area (TPSA) is 101 Å². The van der Waals surface area contributed by atoms with E-state index in [9.17, 15) is 13.2 Å². The Morgan fingerprint density at radius 1 is 1.50 bits per heavy atom. The van der Waals surface area contributed by atoms with Crippen molar-refractivity contribution < 1.29 is 13.2 Å². The third kappa shape index (κ3) is 5.90. The Hall–Kier alpha value is -0.660. The minimum Gasteiger partial charge on any atom is -0.354 e. The average molecular weight is 223 g/mol. The van der Waals surface area contributed by atoms with Gasteiger partial charge in [-0.1, -0.05) is 6.92 Å². The van der Waals surface area contributed by atoms with Crippen molar-refractivity contribution >= 4 is 15.9 Å². The highest BCUT2D eigenvalue weighted by Gasteiger charge is 2.10. The molecule has 4 N–H and O–H groups in total. The zero-order valence-corrected chi connectivity index (χ0v) is 9.23. The maximum atomic E-state index is 11.1. The first-order chi connectivity index (χ1) is 6.39. The number of sulfonamides is 1. The first kappa shape index (κ1) is 13.3. The van der Waals surface area contributed by atoms with E-state index in [0.717, 1.165) is 0 Å². The van der Waals surface area contributed by atoms with Gasteiger partial charge in [-0.15, -0.1) is 0 Å². The van der Waals surface area contributed by atoms with Gasteiger partial charge in [-0.3, -0.25) is 4.79 Å². The van der Waals surface area contributed by atoms with E-state index in [1.165, 1.54) is 6.92 Å². The number of hydrogen-bond donors (Lipinski definition) is 3. The Bertz CT molecular complexity index is 274. The number of hydrogen-bond acceptors (Lipinski definition) is 4. The molecule has 0 aromatic heterocycles. The van der Waals surface area contributed by atoms with Gasteiger partial charge >= 0.3 is 0 Å². The molecule has 0 saturated heterocycles. The maximum Gasteiger partial charge on any atom is 0.236 e. The number of nitrogens with two attached hydrogens (primary N) is 1. The average Bonchev–Trinajstić information content (AvgIpc) is 2.03.